The number of rotatable bonds is 7. The van der Waals surface area contributed by atoms with E-state index in [9.17, 15) is 0 Å². The van der Waals surface area contributed by atoms with Gasteiger partial charge in [0.15, 0.2) is 0 Å². The largest absolute Gasteiger partial charge is 0.383 e. The van der Waals surface area contributed by atoms with Crippen molar-refractivity contribution in [2.24, 2.45) is 0 Å². The molecule has 0 saturated carbocycles. The van der Waals surface area contributed by atoms with Gasteiger partial charge in [0.2, 0.25) is 0 Å². The summed E-state index contributed by atoms with van der Waals surface area (Å²) in [6, 6.07) is 10.6. The smallest absolute Gasteiger partial charge is 0.0663 e. The van der Waals surface area contributed by atoms with Crippen LogP contribution in [0.1, 0.15) is 11.3 Å². The SMILES string of the molecule is COCCNCc1ccnn1Cc1ccc(I)cc1. The van der Waals surface area contributed by atoms with Gasteiger partial charge < -0.3 is 10.1 Å². The van der Waals surface area contributed by atoms with Crippen molar-refractivity contribution < 1.29 is 4.74 Å². The quantitative estimate of drug-likeness (QED) is 0.600. The first kappa shape index (κ1) is 14.5. The molecule has 2 rings (SSSR count). The molecule has 0 aliphatic rings. The summed E-state index contributed by atoms with van der Waals surface area (Å²) in [4.78, 5) is 0. The fraction of sp³-hybridized carbons (Fsp3) is 0.357. The maximum Gasteiger partial charge on any atom is 0.0663 e. The lowest BCUT2D eigenvalue weighted by Crippen LogP contribution is -2.21. The van der Waals surface area contributed by atoms with E-state index in [4.69, 9.17) is 4.74 Å². The normalized spacial score (nSPS) is 10.8. The fourth-order valence-electron chi connectivity index (χ4n) is 1.81. The Hall–Kier alpha value is -0.920. The zero-order valence-electron chi connectivity index (χ0n) is 11.0. The first-order valence-corrected chi connectivity index (χ1v) is 7.32. The minimum absolute atomic E-state index is 0.727. The third-order valence-corrected chi connectivity index (χ3v) is 3.56. The molecular weight excluding hydrogens is 353 g/mol. The first-order chi connectivity index (χ1) is 9.29. The second-order valence-electron chi connectivity index (χ2n) is 4.28. The number of nitrogens with zero attached hydrogens (tertiary/aromatic N) is 2. The Morgan fingerprint density at radius 2 is 2.05 bits per heavy atom. The highest BCUT2D eigenvalue weighted by molar-refractivity contribution is 14.1. The van der Waals surface area contributed by atoms with Crippen LogP contribution < -0.4 is 5.32 Å². The molecule has 0 atom stereocenters. The van der Waals surface area contributed by atoms with Crippen LogP contribution in [0.5, 0.6) is 0 Å². The third-order valence-electron chi connectivity index (χ3n) is 2.84. The van der Waals surface area contributed by atoms with Crippen LogP contribution in [-0.4, -0.2) is 30.0 Å². The van der Waals surface area contributed by atoms with Crippen LogP contribution in [-0.2, 0) is 17.8 Å². The van der Waals surface area contributed by atoms with Gasteiger partial charge in [-0.25, -0.2) is 0 Å². The number of nitrogens with one attached hydrogen (secondary N) is 1. The molecule has 1 heterocycles. The lowest BCUT2D eigenvalue weighted by Gasteiger charge is -2.09. The van der Waals surface area contributed by atoms with E-state index in [0.717, 1.165) is 26.2 Å². The summed E-state index contributed by atoms with van der Waals surface area (Å²) in [6.45, 7) is 3.20. The molecule has 1 aromatic heterocycles. The van der Waals surface area contributed by atoms with Crippen LogP contribution in [0.25, 0.3) is 0 Å². The number of ether oxygens (including phenoxy) is 1. The highest BCUT2D eigenvalue weighted by Gasteiger charge is 2.03. The molecule has 19 heavy (non-hydrogen) atoms. The van der Waals surface area contributed by atoms with Crippen LogP contribution in [0.3, 0.4) is 0 Å². The van der Waals surface area contributed by atoms with Crippen molar-refractivity contribution in [2.75, 3.05) is 20.3 Å². The lowest BCUT2D eigenvalue weighted by molar-refractivity contribution is 0.199. The molecule has 0 aliphatic heterocycles. The van der Waals surface area contributed by atoms with E-state index in [1.807, 2.05) is 16.9 Å². The zero-order chi connectivity index (χ0) is 13.5. The third kappa shape index (κ3) is 4.59. The molecule has 5 heteroatoms. The molecular formula is C14H18IN3O. The van der Waals surface area contributed by atoms with Crippen LogP contribution in [0.15, 0.2) is 36.5 Å². The molecule has 2 aromatic rings. The molecule has 0 aliphatic carbocycles. The van der Waals surface area contributed by atoms with E-state index >= 15 is 0 Å². The molecule has 1 N–H and O–H groups in total. The van der Waals surface area contributed by atoms with Gasteiger partial charge in [0, 0.05) is 30.0 Å². The Morgan fingerprint density at radius 3 is 2.79 bits per heavy atom. The topological polar surface area (TPSA) is 39.1 Å². The molecule has 0 radical (unpaired) electrons. The number of halogens is 1. The predicted molar refractivity (Wildman–Crippen MR) is 84.1 cm³/mol. The van der Waals surface area contributed by atoms with Gasteiger partial charge in [-0.3, -0.25) is 4.68 Å². The van der Waals surface area contributed by atoms with Crippen LogP contribution in [0, 0.1) is 3.57 Å². The number of hydrogen-bond donors (Lipinski definition) is 1. The van der Waals surface area contributed by atoms with E-state index < -0.39 is 0 Å². The fourth-order valence-corrected chi connectivity index (χ4v) is 2.17. The standard InChI is InChI=1S/C14H18IN3O/c1-19-9-8-16-10-14-6-7-17-18(14)11-12-2-4-13(15)5-3-12/h2-7,16H,8-11H2,1H3. The van der Waals surface area contributed by atoms with Gasteiger partial charge in [-0.2, -0.15) is 5.10 Å². The Kier molecular flexibility index (Phi) is 5.81. The Balaban J connectivity index is 1.93. The summed E-state index contributed by atoms with van der Waals surface area (Å²) < 4.78 is 8.30. The van der Waals surface area contributed by atoms with Crippen LogP contribution >= 0.6 is 22.6 Å². The Morgan fingerprint density at radius 1 is 1.26 bits per heavy atom. The van der Waals surface area contributed by atoms with E-state index in [1.165, 1.54) is 14.8 Å². The van der Waals surface area contributed by atoms with Crippen LogP contribution in [0.4, 0.5) is 0 Å². The molecule has 0 amide bonds. The van der Waals surface area contributed by atoms with Crippen molar-refractivity contribution in [3.05, 3.63) is 51.4 Å². The van der Waals surface area contributed by atoms with E-state index in [2.05, 4.69) is 57.3 Å². The van der Waals surface area contributed by atoms with Gasteiger partial charge in [0.1, 0.15) is 0 Å². The summed E-state index contributed by atoms with van der Waals surface area (Å²) >= 11 is 2.31. The van der Waals surface area contributed by atoms with Crippen molar-refractivity contribution in [1.29, 1.82) is 0 Å². The Labute approximate surface area is 127 Å². The number of methoxy groups -OCH3 is 1. The van der Waals surface area contributed by atoms with Crippen molar-refractivity contribution in [2.45, 2.75) is 13.1 Å². The van der Waals surface area contributed by atoms with Gasteiger partial charge in [-0.05, 0) is 46.4 Å². The molecule has 0 bridgehead atoms. The maximum absolute atomic E-state index is 5.01. The summed E-state index contributed by atoms with van der Waals surface area (Å²) in [5.41, 5.74) is 2.46. The van der Waals surface area contributed by atoms with Gasteiger partial charge in [-0.15, -0.1) is 0 Å². The molecule has 0 saturated heterocycles. The lowest BCUT2D eigenvalue weighted by atomic mass is 10.2. The maximum atomic E-state index is 5.01. The van der Waals surface area contributed by atoms with Crippen molar-refractivity contribution in [3.63, 3.8) is 0 Å². The minimum Gasteiger partial charge on any atom is -0.383 e. The molecule has 0 unspecified atom stereocenters. The average molecular weight is 371 g/mol. The summed E-state index contributed by atoms with van der Waals surface area (Å²) in [5.74, 6) is 0. The predicted octanol–water partition coefficient (Wildman–Crippen LogP) is 2.27. The second-order valence-corrected chi connectivity index (χ2v) is 5.52. The molecule has 102 valence electrons. The van der Waals surface area contributed by atoms with Crippen molar-refractivity contribution in [1.82, 2.24) is 15.1 Å². The van der Waals surface area contributed by atoms with E-state index in [0.29, 0.717) is 0 Å². The second kappa shape index (κ2) is 7.62. The molecule has 1 aromatic carbocycles. The summed E-state index contributed by atoms with van der Waals surface area (Å²) in [7, 11) is 1.71. The number of benzene rings is 1. The molecule has 0 fully saturated rings. The van der Waals surface area contributed by atoms with Gasteiger partial charge in [0.05, 0.1) is 18.8 Å². The monoisotopic (exact) mass is 371 g/mol. The van der Waals surface area contributed by atoms with Crippen molar-refractivity contribution >= 4 is 22.6 Å². The van der Waals surface area contributed by atoms with Crippen molar-refractivity contribution in [3.8, 4) is 0 Å². The number of hydrogen-bond acceptors (Lipinski definition) is 3. The van der Waals surface area contributed by atoms with Crippen LogP contribution in [0.2, 0.25) is 0 Å². The van der Waals surface area contributed by atoms with Gasteiger partial charge in [-0.1, -0.05) is 12.1 Å². The zero-order valence-corrected chi connectivity index (χ0v) is 13.1. The summed E-state index contributed by atoms with van der Waals surface area (Å²) in [5, 5.41) is 7.71. The van der Waals surface area contributed by atoms with E-state index in [-0.39, 0.29) is 0 Å². The molecule has 4 nitrogen and oxygen atoms in total. The first-order valence-electron chi connectivity index (χ1n) is 6.24. The molecule has 0 spiro atoms. The van der Waals surface area contributed by atoms with E-state index in [1.54, 1.807) is 7.11 Å². The minimum atomic E-state index is 0.727. The average Bonchev–Trinajstić information content (AvgIpc) is 2.85. The highest BCUT2D eigenvalue weighted by Crippen LogP contribution is 2.09. The summed E-state index contributed by atoms with van der Waals surface area (Å²) in [6.07, 6.45) is 1.85. The Bertz CT molecular complexity index is 496. The number of aromatic nitrogens is 2. The highest BCUT2D eigenvalue weighted by atomic mass is 127. The van der Waals surface area contributed by atoms with Gasteiger partial charge in [0.25, 0.3) is 0 Å². The van der Waals surface area contributed by atoms with Gasteiger partial charge >= 0.3 is 0 Å².